The summed E-state index contributed by atoms with van der Waals surface area (Å²) in [6.07, 6.45) is 2.63. The number of rotatable bonds is 7. The SMILES string of the molecule is COc1ccc(-c2cn3c(C(=O)NCCc4cccc(OC)c4)csc3n2)cc1. The predicted octanol–water partition coefficient (Wildman–Crippen LogP) is 4.05. The first-order valence-corrected chi connectivity index (χ1v) is 10.1. The highest BCUT2D eigenvalue weighted by atomic mass is 32.1. The van der Waals surface area contributed by atoms with Crippen LogP contribution < -0.4 is 14.8 Å². The van der Waals surface area contributed by atoms with Crippen LogP contribution in [-0.4, -0.2) is 36.1 Å². The lowest BCUT2D eigenvalue weighted by molar-refractivity contribution is 0.0948. The Labute approximate surface area is 172 Å². The summed E-state index contributed by atoms with van der Waals surface area (Å²) >= 11 is 1.45. The van der Waals surface area contributed by atoms with Gasteiger partial charge in [0.15, 0.2) is 4.96 Å². The molecule has 0 aliphatic carbocycles. The van der Waals surface area contributed by atoms with Crippen molar-refractivity contribution in [2.24, 2.45) is 0 Å². The lowest BCUT2D eigenvalue weighted by Crippen LogP contribution is -2.26. The monoisotopic (exact) mass is 407 g/mol. The number of nitrogens with zero attached hydrogens (tertiary/aromatic N) is 2. The van der Waals surface area contributed by atoms with E-state index in [1.807, 2.05) is 64.5 Å². The van der Waals surface area contributed by atoms with Gasteiger partial charge in [-0.2, -0.15) is 0 Å². The van der Waals surface area contributed by atoms with E-state index in [4.69, 9.17) is 9.47 Å². The van der Waals surface area contributed by atoms with Crippen molar-refractivity contribution in [1.82, 2.24) is 14.7 Å². The van der Waals surface area contributed by atoms with Crippen molar-refractivity contribution in [3.8, 4) is 22.8 Å². The molecular weight excluding hydrogens is 386 g/mol. The summed E-state index contributed by atoms with van der Waals surface area (Å²) in [5.74, 6) is 1.50. The van der Waals surface area contributed by atoms with Gasteiger partial charge in [0.2, 0.25) is 0 Å². The van der Waals surface area contributed by atoms with E-state index in [9.17, 15) is 4.79 Å². The number of carbonyl (C=O) groups is 1. The quantitative estimate of drug-likeness (QED) is 0.502. The second-order valence-corrected chi connectivity index (χ2v) is 7.32. The molecule has 4 rings (SSSR count). The molecule has 1 N–H and O–H groups in total. The van der Waals surface area contributed by atoms with Gasteiger partial charge >= 0.3 is 0 Å². The third kappa shape index (κ3) is 4.09. The lowest BCUT2D eigenvalue weighted by Gasteiger charge is -2.06. The zero-order valence-corrected chi connectivity index (χ0v) is 17.0. The normalized spacial score (nSPS) is 10.8. The maximum absolute atomic E-state index is 12.7. The van der Waals surface area contributed by atoms with Crippen molar-refractivity contribution in [3.05, 3.63) is 71.4 Å². The Morgan fingerprint density at radius 2 is 1.90 bits per heavy atom. The maximum Gasteiger partial charge on any atom is 0.269 e. The van der Waals surface area contributed by atoms with Crippen LogP contribution in [0.5, 0.6) is 11.5 Å². The van der Waals surface area contributed by atoms with Crippen molar-refractivity contribution in [1.29, 1.82) is 0 Å². The highest BCUT2D eigenvalue weighted by Gasteiger charge is 2.15. The van der Waals surface area contributed by atoms with Crippen molar-refractivity contribution in [2.75, 3.05) is 20.8 Å². The first-order chi connectivity index (χ1) is 14.2. The number of ether oxygens (including phenoxy) is 2. The Hall–Kier alpha value is -3.32. The Balaban J connectivity index is 1.45. The Morgan fingerprint density at radius 3 is 2.66 bits per heavy atom. The van der Waals surface area contributed by atoms with E-state index in [2.05, 4.69) is 10.3 Å². The Morgan fingerprint density at radius 1 is 1.10 bits per heavy atom. The maximum atomic E-state index is 12.7. The number of amides is 1. The third-order valence-corrected chi connectivity index (χ3v) is 5.50. The average molecular weight is 407 g/mol. The van der Waals surface area contributed by atoms with Crippen LogP contribution in [0.15, 0.2) is 60.1 Å². The number of benzene rings is 2. The largest absolute Gasteiger partial charge is 0.497 e. The molecule has 2 aromatic carbocycles. The van der Waals surface area contributed by atoms with Gasteiger partial charge in [-0.25, -0.2) is 4.98 Å². The van der Waals surface area contributed by atoms with Gasteiger partial charge in [-0.15, -0.1) is 11.3 Å². The molecule has 0 fully saturated rings. The summed E-state index contributed by atoms with van der Waals surface area (Å²) in [6.45, 7) is 0.545. The molecule has 0 aliphatic rings. The van der Waals surface area contributed by atoms with Crippen molar-refractivity contribution < 1.29 is 14.3 Å². The van der Waals surface area contributed by atoms with Crippen molar-refractivity contribution in [3.63, 3.8) is 0 Å². The molecule has 148 valence electrons. The highest BCUT2D eigenvalue weighted by Crippen LogP contribution is 2.25. The van der Waals surface area contributed by atoms with Crippen LogP contribution in [0.1, 0.15) is 16.1 Å². The molecule has 1 amide bonds. The van der Waals surface area contributed by atoms with E-state index >= 15 is 0 Å². The lowest BCUT2D eigenvalue weighted by atomic mass is 10.1. The van der Waals surface area contributed by atoms with Crippen LogP contribution >= 0.6 is 11.3 Å². The molecule has 0 spiro atoms. The summed E-state index contributed by atoms with van der Waals surface area (Å²) < 4.78 is 12.3. The van der Waals surface area contributed by atoms with Crippen LogP contribution in [0, 0.1) is 0 Å². The minimum atomic E-state index is -0.113. The van der Waals surface area contributed by atoms with E-state index in [0.717, 1.165) is 39.7 Å². The molecule has 2 heterocycles. The topological polar surface area (TPSA) is 64.9 Å². The molecule has 0 aliphatic heterocycles. The van der Waals surface area contributed by atoms with E-state index in [1.165, 1.54) is 11.3 Å². The molecule has 4 aromatic rings. The Bertz CT molecular complexity index is 1130. The molecule has 6 nitrogen and oxygen atoms in total. The summed E-state index contributed by atoms with van der Waals surface area (Å²) in [6, 6.07) is 15.6. The number of nitrogens with one attached hydrogen (secondary N) is 1. The molecule has 2 aromatic heterocycles. The second-order valence-electron chi connectivity index (χ2n) is 6.49. The van der Waals surface area contributed by atoms with E-state index in [-0.39, 0.29) is 5.91 Å². The minimum absolute atomic E-state index is 0.113. The fourth-order valence-corrected chi connectivity index (χ4v) is 3.94. The van der Waals surface area contributed by atoms with E-state index in [1.54, 1.807) is 14.2 Å². The number of imidazole rings is 1. The molecule has 0 unspecified atom stereocenters. The molecule has 0 saturated heterocycles. The van der Waals surface area contributed by atoms with Crippen molar-refractivity contribution >= 4 is 22.2 Å². The molecule has 0 saturated carbocycles. The van der Waals surface area contributed by atoms with Crippen LogP contribution in [0.3, 0.4) is 0 Å². The highest BCUT2D eigenvalue weighted by molar-refractivity contribution is 7.15. The summed E-state index contributed by atoms with van der Waals surface area (Å²) in [5.41, 5.74) is 3.50. The number of carbonyl (C=O) groups excluding carboxylic acids is 1. The minimum Gasteiger partial charge on any atom is -0.497 e. The smallest absolute Gasteiger partial charge is 0.269 e. The van der Waals surface area contributed by atoms with Gasteiger partial charge in [-0.3, -0.25) is 9.20 Å². The Kier molecular flexibility index (Phi) is 5.48. The van der Waals surface area contributed by atoms with E-state index in [0.29, 0.717) is 12.2 Å². The number of aromatic nitrogens is 2. The van der Waals surface area contributed by atoms with Crippen LogP contribution in [-0.2, 0) is 6.42 Å². The second kappa shape index (κ2) is 8.36. The van der Waals surface area contributed by atoms with Gasteiger partial charge in [-0.1, -0.05) is 12.1 Å². The van der Waals surface area contributed by atoms with Gasteiger partial charge in [-0.05, 0) is 48.4 Å². The van der Waals surface area contributed by atoms with Gasteiger partial charge in [0, 0.05) is 23.7 Å². The molecule has 0 radical (unpaired) electrons. The standard InChI is InChI=1S/C22H21N3O3S/c1-27-17-8-6-16(7-9-17)19-13-25-20(14-29-22(25)24-19)21(26)23-11-10-15-4-3-5-18(12-15)28-2/h3-9,12-14H,10-11H2,1-2H3,(H,23,26). The van der Waals surface area contributed by atoms with Gasteiger partial charge in [0.1, 0.15) is 17.2 Å². The first kappa shape index (κ1) is 19.0. The number of methoxy groups -OCH3 is 2. The number of hydrogen-bond donors (Lipinski definition) is 1. The number of fused-ring (bicyclic) bond motifs is 1. The zero-order valence-electron chi connectivity index (χ0n) is 16.2. The average Bonchev–Trinajstić information content (AvgIpc) is 3.35. The number of thiazole rings is 1. The molecule has 7 heteroatoms. The van der Waals surface area contributed by atoms with Gasteiger partial charge in [0.25, 0.3) is 5.91 Å². The fraction of sp³-hybridized carbons (Fsp3) is 0.182. The first-order valence-electron chi connectivity index (χ1n) is 9.20. The molecule has 0 atom stereocenters. The zero-order chi connectivity index (χ0) is 20.2. The van der Waals surface area contributed by atoms with Crippen LogP contribution in [0.4, 0.5) is 0 Å². The summed E-state index contributed by atoms with van der Waals surface area (Å²) in [7, 11) is 3.29. The van der Waals surface area contributed by atoms with E-state index < -0.39 is 0 Å². The molecule has 0 bridgehead atoms. The molecule has 29 heavy (non-hydrogen) atoms. The summed E-state index contributed by atoms with van der Waals surface area (Å²) in [4.78, 5) is 18.1. The predicted molar refractivity (Wildman–Crippen MR) is 114 cm³/mol. The third-order valence-electron chi connectivity index (χ3n) is 4.66. The van der Waals surface area contributed by atoms with Gasteiger partial charge in [0.05, 0.1) is 19.9 Å². The molecular formula is C22H21N3O3S. The van der Waals surface area contributed by atoms with Gasteiger partial charge < -0.3 is 14.8 Å². The fourth-order valence-electron chi connectivity index (χ4n) is 3.09. The van der Waals surface area contributed by atoms with Crippen LogP contribution in [0.2, 0.25) is 0 Å². The summed E-state index contributed by atoms with van der Waals surface area (Å²) in [5, 5.41) is 4.82. The van der Waals surface area contributed by atoms with Crippen LogP contribution in [0.25, 0.3) is 16.2 Å². The van der Waals surface area contributed by atoms with Crippen molar-refractivity contribution in [2.45, 2.75) is 6.42 Å². The number of hydrogen-bond acceptors (Lipinski definition) is 5.